The van der Waals surface area contributed by atoms with Crippen LogP contribution in [0.1, 0.15) is 37.6 Å². The highest BCUT2D eigenvalue weighted by Crippen LogP contribution is 2.29. The van der Waals surface area contributed by atoms with Gasteiger partial charge in [0, 0.05) is 12.2 Å². The third-order valence-corrected chi connectivity index (χ3v) is 4.30. The van der Waals surface area contributed by atoms with Crippen LogP contribution < -0.4 is 19.1 Å². The Balaban J connectivity index is 2.08. The SMILES string of the molecule is CCOc1ccc(N(CCC#N)C(=O)COC(=O)c2ccc(OC(C)C)c(OC)c2)cc1. The molecule has 0 aliphatic rings. The number of methoxy groups -OCH3 is 1. The lowest BCUT2D eigenvalue weighted by Gasteiger charge is -2.22. The van der Waals surface area contributed by atoms with Gasteiger partial charge < -0.3 is 23.8 Å². The summed E-state index contributed by atoms with van der Waals surface area (Å²) < 4.78 is 21.6. The monoisotopic (exact) mass is 440 g/mol. The number of carbonyl (C=O) groups excluding carboxylic acids is 2. The predicted octanol–water partition coefficient (Wildman–Crippen LogP) is 3.98. The molecular weight excluding hydrogens is 412 g/mol. The van der Waals surface area contributed by atoms with E-state index >= 15 is 0 Å². The van der Waals surface area contributed by atoms with Crippen molar-refractivity contribution in [2.45, 2.75) is 33.3 Å². The first-order valence-electron chi connectivity index (χ1n) is 10.3. The summed E-state index contributed by atoms with van der Waals surface area (Å²) in [6.45, 7) is 5.89. The summed E-state index contributed by atoms with van der Waals surface area (Å²) in [7, 11) is 1.48. The molecule has 0 fully saturated rings. The third-order valence-electron chi connectivity index (χ3n) is 4.30. The van der Waals surface area contributed by atoms with Crippen LogP contribution in [-0.2, 0) is 9.53 Å². The number of ether oxygens (including phenoxy) is 4. The molecule has 0 aliphatic carbocycles. The van der Waals surface area contributed by atoms with E-state index in [2.05, 4.69) is 0 Å². The highest BCUT2D eigenvalue weighted by molar-refractivity contribution is 5.97. The van der Waals surface area contributed by atoms with Gasteiger partial charge in [0.05, 0.1) is 37.9 Å². The van der Waals surface area contributed by atoms with Gasteiger partial charge in [-0.1, -0.05) is 0 Å². The van der Waals surface area contributed by atoms with Crippen LogP contribution in [0.15, 0.2) is 42.5 Å². The molecule has 0 saturated carbocycles. The van der Waals surface area contributed by atoms with Crippen molar-refractivity contribution in [3.8, 4) is 23.3 Å². The number of amides is 1. The van der Waals surface area contributed by atoms with Crippen molar-refractivity contribution in [1.82, 2.24) is 0 Å². The molecule has 0 bridgehead atoms. The van der Waals surface area contributed by atoms with Gasteiger partial charge in [0.2, 0.25) is 0 Å². The van der Waals surface area contributed by atoms with Gasteiger partial charge in [-0.25, -0.2) is 4.79 Å². The molecule has 0 saturated heterocycles. The van der Waals surface area contributed by atoms with E-state index in [1.54, 1.807) is 36.4 Å². The minimum atomic E-state index is -0.667. The Kier molecular flexibility index (Phi) is 9.36. The fraction of sp³-hybridized carbons (Fsp3) is 0.375. The molecule has 0 N–H and O–H groups in total. The number of rotatable bonds is 11. The van der Waals surface area contributed by atoms with Crippen LogP contribution in [0.3, 0.4) is 0 Å². The summed E-state index contributed by atoms with van der Waals surface area (Å²) in [5.41, 5.74) is 0.817. The number of nitrogens with zero attached hydrogens (tertiary/aromatic N) is 2. The van der Waals surface area contributed by atoms with Gasteiger partial charge in [-0.15, -0.1) is 0 Å². The van der Waals surface area contributed by atoms with E-state index in [0.717, 1.165) is 0 Å². The molecular formula is C24H28N2O6. The van der Waals surface area contributed by atoms with Gasteiger partial charge >= 0.3 is 5.97 Å². The first kappa shape index (κ1) is 24.5. The van der Waals surface area contributed by atoms with E-state index in [1.807, 2.05) is 26.8 Å². The van der Waals surface area contributed by atoms with E-state index in [-0.39, 0.29) is 24.6 Å². The van der Waals surface area contributed by atoms with Gasteiger partial charge in [0.25, 0.3) is 5.91 Å². The summed E-state index contributed by atoms with van der Waals surface area (Å²) in [6, 6.07) is 13.6. The minimum Gasteiger partial charge on any atom is -0.494 e. The molecule has 0 aliphatic heterocycles. The number of hydrogen-bond donors (Lipinski definition) is 0. The molecule has 32 heavy (non-hydrogen) atoms. The molecule has 1 amide bonds. The van der Waals surface area contributed by atoms with Crippen LogP contribution in [0.2, 0.25) is 0 Å². The molecule has 0 spiro atoms. The highest BCUT2D eigenvalue weighted by Gasteiger charge is 2.19. The Labute approximate surface area is 188 Å². The van der Waals surface area contributed by atoms with E-state index in [9.17, 15) is 9.59 Å². The maximum atomic E-state index is 12.8. The molecule has 0 heterocycles. The average Bonchev–Trinajstić information content (AvgIpc) is 2.78. The predicted molar refractivity (Wildman–Crippen MR) is 119 cm³/mol. The minimum absolute atomic E-state index is 0.0543. The van der Waals surface area contributed by atoms with Crippen molar-refractivity contribution >= 4 is 17.6 Å². The molecule has 0 radical (unpaired) electrons. The average molecular weight is 440 g/mol. The van der Waals surface area contributed by atoms with Crippen LogP contribution >= 0.6 is 0 Å². The first-order chi connectivity index (χ1) is 15.4. The first-order valence-corrected chi connectivity index (χ1v) is 10.3. The standard InChI is InChI=1S/C24H28N2O6/c1-5-30-20-10-8-19(9-11-20)26(14-6-13-25)23(27)16-31-24(28)18-7-12-21(32-17(2)3)22(15-18)29-4/h7-12,15,17H,5-6,14,16H2,1-4H3. The zero-order valence-electron chi connectivity index (χ0n) is 18.8. The van der Waals surface area contributed by atoms with Gasteiger partial charge in [-0.3, -0.25) is 4.79 Å². The fourth-order valence-corrected chi connectivity index (χ4v) is 2.88. The van der Waals surface area contributed by atoms with E-state index < -0.39 is 18.5 Å². The lowest BCUT2D eigenvalue weighted by molar-refractivity contribution is -0.121. The van der Waals surface area contributed by atoms with Crippen LogP contribution in [0.4, 0.5) is 5.69 Å². The Morgan fingerprint density at radius 2 is 1.81 bits per heavy atom. The summed E-state index contributed by atoms with van der Waals surface area (Å²) in [4.78, 5) is 26.6. The normalized spacial score (nSPS) is 10.2. The quantitative estimate of drug-likeness (QED) is 0.487. The number of nitriles is 1. The lowest BCUT2D eigenvalue weighted by Crippen LogP contribution is -2.35. The largest absolute Gasteiger partial charge is 0.494 e. The Hall–Kier alpha value is -3.73. The molecule has 8 heteroatoms. The summed E-state index contributed by atoms with van der Waals surface area (Å²) in [6.07, 6.45) is 0.0860. The van der Waals surface area contributed by atoms with Gasteiger partial charge in [-0.05, 0) is 63.2 Å². The van der Waals surface area contributed by atoms with Crippen LogP contribution in [0.25, 0.3) is 0 Å². The molecule has 2 aromatic rings. The Morgan fingerprint density at radius 3 is 2.41 bits per heavy atom. The number of hydrogen-bond acceptors (Lipinski definition) is 7. The van der Waals surface area contributed by atoms with Crippen molar-refractivity contribution in [2.75, 3.05) is 31.8 Å². The molecule has 2 rings (SSSR count). The van der Waals surface area contributed by atoms with Crippen molar-refractivity contribution in [2.24, 2.45) is 0 Å². The second kappa shape index (κ2) is 12.2. The molecule has 2 aromatic carbocycles. The van der Waals surface area contributed by atoms with Gasteiger partial charge in [-0.2, -0.15) is 5.26 Å². The molecule has 8 nitrogen and oxygen atoms in total. The zero-order chi connectivity index (χ0) is 23.5. The smallest absolute Gasteiger partial charge is 0.338 e. The third kappa shape index (κ3) is 6.91. The summed E-state index contributed by atoms with van der Waals surface area (Å²) >= 11 is 0. The molecule has 0 aromatic heterocycles. The zero-order valence-corrected chi connectivity index (χ0v) is 18.8. The summed E-state index contributed by atoms with van der Waals surface area (Å²) in [5.74, 6) is 0.469. The Morgan fingerprint density at radius 1 is 1.09 bits per heavy atom. The number of anilines is 1. The maximum absolute atomic E-state index is 12.8. The molecule has 0 atom stereocenters. The van der Waals surface area contributed by atoms with Crippen LogP contribution in [0.5, 0.6) is 17.2 Å². The maximum Gasteiger partial charge on any atom is 0.338 e. The van der Waals surface area contributed by atoms with Crippen molar-refractivity contribution < 1.29 is 28.5 Å². The van der Waals surface area contributed by atoms with Gasteiger partial charge in [0.1, 0.15) is 5.75 Å². The van der Waals surface area contributed by atoms with E-state index in [0.29, 0.717) is 29.5 Å². The fourth-order valence-electron chi connectivity index (χ4n) is 2.88. The van der Waals surface area contributed by atoms with E-state index in [4.69, 9.17) is 24.2 Å². The van der Waals surface area contributed by atoms with Crippen molar-refractivity contribution in [3.05, 3.63) is 48.0 Å². The topological polar surface area (TPSA) is 98.1 Å². The molecule has 0 unspecified atom stereocenters. The van der Waals surface area contributed by atoms with Gasteiger partial charge in [0.15, 0.2) is 18.1 Å². The Bertz CT molecular complexity index is 950. The highest BCUT2D eigenvalue weighted by atomic mass is 16.5. The number of benzene rings is 2. The second-order valence-electron chi connectivity index (χ2n) is 6.99. The van der Waals surface area contributed by atoms with Crippen LogP contribution in [-0.4, -0.2) is 44.8 Å². The lowest BCUT2D eigenvalue weighted by atomic mass is 10.2. The van der Waals surface area contributed by atoms with E-state index in [1.165, 1.54) is 18.1 Å². The molecule has 170 valence electrons. The van der Waals surface area contributed by atoms with Crippen LogP contribution in [0, 0.1) is 11.3 Å². The second-order valence-corrected chi connectivity index (χ2v) is 6.99. The summed E-state index contributed by atoms with van der Waals surface area (Å²) in [5, 5.41) is 8.94. The number of esters is 1. The van der Waals surface area contributed by atoms with Crippen molar-refractivity contribution in [1.29, 1.82) is 5.26 Å². The number of carbonyl (C=O) groups is 2. The van der Waals surface area contributed by atoms with Crippen molar-refractivity contribution in [3.63, 3.8) is 0 Å².